The monoisotopic (exact) mass is 318 g/mol. The quantitative estimate of drug-likeness (QED) is 0.900. The summed E-state index contributed by atoms with van der Waals surface area (Å²) >= 11 is 0. The second-order valence-electron chi connectivity index (χ2n) is 4.92. The number of hydrogen-bond acceptors (Lipinski definition) is 3. The highest BCUT2D eigenvalue weighted by molar-refractivity contribution is 5.73. The van der Waals surface area contributed by atoms with Gasteiger partial charge in [0.2, 0.25) is 0 Å². The summed E-state index contributed by atoms with van der Waals surface area (Å²) in [6.45, 7) is 6.88. The molecule has 0 radical (unpaired) electrons. The van der Waals surface area contributed by atoms with Crippen molar-refractivity contribution in [3.63, 3.8) is 0 Å². The van der Waals surface area contributed by atoms with Gasteiger partial charge >= 0.3 is 12.1 Å². The number of benzene rings is 1. The second-order valence-corrected chi connectivity index (χ2v) is 4.92. The molecule has 1 aromatic rings. The van der Waals surface area contributed by atoms with E-state index in [9.17, 15) is 13.2 Å². The number of hydrogen-bond donors (Lipinski definition) is 2. The largest absolute Gasteiger partial charge is 0.490 e. The number of nitrogens with zero attached hydrogens (tertiary/aromatic N) is 1. The Labute approximate surface area is 127 Å². The zero-order valence-corrected chi connectivity index (χ0v) is 12.4. The van der Waals surface area contributed by atoms with E-state index < -0.39 is 12.1 Å². The van der Waals surface area contributed by atoms with Crippen LogP contribution in [0.3, 0.4) is 0 Å². The Bertz CT molecular complexity index is 446. The van der Waals surface area contributed by atoms with Gasteiger partial charge < -0.3 is 10.4 Å². The highest BCUT2D eigenvalue weighted by atomic mass is 19.4. The molecule has 22 heavy (non-hydrogen) atoms. The van der Waals surface area contributed by atoms with Gasteiger partial charge in [0.1, 0.15) is 0 Å². The van der Waals surface area contributed by atoms with Crippen molar-refractivity contribution in [1.82, 2.24) is 10.2 Å². The molecule has 2 rings (SSSR count). The Hall–Kier alpha value is -1.60. The average Bonchev–Trinajstić information content (AvgIpc) is 2.50. The first-order valence-corrected chi connectivity index (χ1v) is 7.16. The molecule has 1 heterocycles. The van der Waals surface area contributed by atoms with Crippen molar-refractivity contribution in [2.75, 3.05) is 26.2 Å². The third-order valence-electron chi connectivity index (χ3n) is 3.41. The molecule has 1 aromatic carbocycles. The van der Waals surface area contributed by atoms with Crippen LogP contribution in [0.1, 0.15) is 24.9 Å². The van der Waals surface area contributed by atoms with Gasteiger partial charge in [0.15, 0.2) is 0 Å². The molecule has 7 heteroatoms. The number of halogens is 3. The van der Waals surface area contributed by atoms with Crippen molar-refractivity contribution in [2.45, 2.75) is 25.6 Å². The number of piperazine rings is 1. The van der Waals surface area contributed by atoms with Gasteiger partial charge in [-0.3, -0.25) is 4.90 Å². The number of rotatable bonds is 3. The molecular weight excluding hydrogens is 297 g/mol. The Morgan fingerprint density at radius 1 is 1.27 bits per heavy atom. The standard InChI is InChI=1S/C13H20N2.C2HF3O2/c1-2-13(12-6-4-3-5-7-12)15-10-8-14-9-11-15;3-2(4,5)1(6)7/h3-7,13-14H,2,8-11H2,1H3;(H,6,7). The van der Waals surface area contributed by atoms with Crippen LogP contribution in [-0.2, 0) is 4.79 Å². The highest BCUT2D eigenvalue weighted by Crippen LogP contribution is 2.23. The van der Waals surface area contributed by atoms with Crippen LogP contribution in [0.5, 0.6) is 0 Å². The lowest BCUT2D eigenvalue weighted by molar-refractivity contribution is -0.192. The summed E-state index contributed by atoms with van der Waals surface area (Å²) in [5, 5.41) is 10.5. The van der Waals surface area contributed by atoms with Gasteiger partial charge in [-0.15, -0.1) is 0 Å². The number of carbonyl (C=O) groups is 1. The van der Waals surface area contributed by atoms with E-state index in [1.54, 1.807) is 0 Å². The van der Waals surface area contributed by atoms with Crippen LogP contribution < -0.4 is 5.32 Å². The van der Waals surface area contributed by atoms with Crippen LogP contribution in [0.25, 0.3) is 0 Å². The topological polar surface area (TPSA) is 52.6 Å². The Morgan fingerprint density at radius 3 is 2.18 bits per heavy atom. The molecule has 0 aliphatic carbocycles. The van der Waals surface area contributed by atoms with Crippen LogP contribution >= 0.6 is 0 Å². The first kappa shape index (κ1) is 18.4. The maximum Gasteiger partial charge on any atom is 0.490 e. The van der Waals surface area contributed by atoms with Gasteiger partial charge in [-0.05, 0) is 12.0 Å². The maximum atomic E-state index is 10.6. The van der Waals surface area contributed by atoms with E-state index in [1.807, 2.05) is 0 Å². The molecule has 124 valence electrons. The molecule has 1 saturated heterocycles. The summed E-state index contributed by atoms with van der Waals surface area (Å²) in [4.78, 5) is 11.5. The lowest BCUT2D eigenvalue weighted by atomic mass is 10.0. The first-order valence-electron chi connectivity index (χ1n) is 7.16. The molecule has 1 atom stereocenters. The first-order chi connectivity index (χ1) is 10.4. The fraction of sp³-hybridized carbons (Fsp3) is 0.533. The molecule has 1 unspecified atom stereocenters. The normalized spacial score (nSPS) is 17.3. The fourth-order valence-corrected chi connectivity index (χ4v) is 2.37. The molecule has 1 fully saturated rings. The van der Waals surface area contributed by atoms with E-state index in [4.69, 9.17) is 9.90 Å². The SMILES string of the molecule is CCC(c1ccccc1)N1CCNCC1.O=C(O)C(F)(F)F. The van der Waals surface area contributed by atoms with Crippen molar-refractivity contribution in [3.05, 3.63) is 35.9 Å². The van der Waals surface area contributed by atoms with Gasteiger partial charge in [0.25, 0.3) is 0 Å². The van der Waals surface area contributed by atoms with Crippen LogP contribution in [0, 0.1) is 0 Å². The summed E-state index contributed by atoms with van der Waals surface area (Å²) < 4.78 is 31.7. The maximum absolute atomic E-state index is 10.6. The number of carboxylic acids is 1. The highest BCUT2D eigenvalue weighted by Gasteiger charge is 2.38. The number of carboxylic acid groups (broad SMARTS) is 1. The molecular formula is C15H21F3N2O2. The van der Waals surface area contributed by atoms with Crippen molar-refractivity contribution >= 4 is 5.97 Å². The Kier molecular flexibility index (Phi) is 7.34. The summed E-state index contributed by atoms with van der Waals surface area (Å²) in [6.07, 6.45) is -3.88. The minimum absolute atomic E-state index is 0.605. The summed E-state index contributed by atoms with van der Waals surface area (Å²) in [7, 11) is 0. The van der Waals surface area contributed by atoms with E-state index in [0.29, 0.717) is 6.04 Å². The number of alkyl halides is 3. The van der Waals surface area contributed by atoms with E-state index in [1.165, 1.54) is 25.1 Å². The van der Waals surface area contributed by atoms with Crippen molar-refractivity contribution in [1.29, 1.82) is 0 Å². The average molecular weight is 318 g/mol. The third-order valence-corrected chi connectivity index (χ3v) is 3.41. The Balaban J connectivity index is 0.000000295. The lowest BCUT2D eigenvalue weighted by Gasteiger charge is -2.34. The van der Waals surface area contributed by atoms with Gasteiger partial charge in [0.05, 0.1) is 0 Å². The summed E-state index contributed by atoms with van der Waals surface area (Å²) in [5.74, 6) is -2.76. The molecule has 0 amide bonds. The van der Waals surface area contributed by atoms with Crippen LogP contribution in [0.2, 0.25) is 0 Å². The van der Waals surface area contributed by atoms with Crippen LogP contribution in [0.4, 0.5) is 13.2 Å². The van der Waals surface area contributed by atoms with Crippen molar-refractivity contribution < 1.29 is 23.1 Å². The molecule has 0 aromatic heterocycles. The summed E-state index contributed by atoms with van der Waals surface area (Å²) in [5.41, 5.74) is 1.46. The molecule has 1 aliphatic heterocycles. The molecule has 0 saturated carbocycles. The van der Waals surface area contributed by atoms with Crippen molar-refractivity contribution in [3.8, 4) is 0 Å². The zero-order valence-electron chi connectivity index (χ0n) is 12.4. The minimum Gasteiger partial charge on any atom is -0.475 e. The second kappa shape index (κ2) is 8.75. The molecule has 0 spiro atoms. The summed E-state index contributed by atoms with van der Waals surface area (Å²) in [6, 6.07) is 11.5. The number of nitrogens with one attached hydrogen (secondary N) is 1. The Morgan fingerprint density at radius 2 is 1.77 bits per heavy atom. The van der Waals surface area contributed by atoms with E-state index in [-0.39, 0.29) is 0 Å². The zero-order chi connectivity index (χ0) is 16.6. The van der Waals surface area contributed by atoms with Crippen LogP contribution in [0.15, 0.2) is 30.3 Å². The predicted molar refractivity (Wildman–Crippen MR) is 77.6 cm³/mol. The van der Waals surface area contributed by atoms with Gasteiger partial charge in [-0.1, -0.05) is 37.3 Å². The van der Waals surface area contributed by atoms with Gasteiger partial charge in [-0.2, -0.15) is 13.2 Å². The number of aliphatic carboxylic acids is 1. The van der Waals surface area contributed by atoms with Gasteiger partial charge in [0, 0.05) is 32.2 Å². The molecule has 4 nitrogen and oxygen atoms in total. The lowest BCUT2D eigenvalue weighted by Crippen LogP contribution is -2.45. The minimum atomic E-state index is -5.08. The molecule has 1 aliphatic rings. The van der Waals surface area contributed by atoms with Gasteiger partial charge in [-0.25, -0.2) is 4.79 Å². The molecule has 2 N–H and O–H groups in total. The van der Waals surface area contributed by atoms with Crippen molar-refractivity contribution in [2.24, 2.45) is 0 Å². The van der Waals surface area contributed by atoms with E-state index >= 15 is 0 Å². The van der Waals surface area contributed by atoms with E-state index in [0.717, 1.165) is 13.1 Å². The third kappa shape index (κ3) is 6.03. The predicted octanol–water partition coefficient (Wildman–Crippen LogP) is 2.68. The van der Waals surface area contributed by atoms with Crippen LogP contribution in [-0.4, -0.2) is 48.3 Å². The fourth-order valence-electron chi connectivity index (χ4n) is 2.37. The van der Waals surface area contributed by atoms with E-state index in [2.05, 4.69) is 47.5 Å². The smallest absolute Gasteiger partial charge is 0.475 e. The molecule has 0 bridgehead atoms.